The minimum Gasteiger partial charge on any atom is -0.383 e. The van der Waals surface area contributed by atoms with Gasteiger partial charge < -0.3 is 5.11 Å². The first kappa shape index (κ1) is 13.1. The molecule has 1 aromatic heterocycles. The molecule has 2 aromatic carbocycles. The Morgan fingerprint density at radius 2 is 1.86 bits per heavy atom. The molecule has 1 aliphatic carbocycles. The van der Waals surface area contributed by atoms with Gasteiger partial charge in [0.15, 0.2) is 0 Å². The maximum atomic E-state index is 10.8. The molecule has 1 heterocycles. The second-order valence-electron chi connectivity index (χ2n) is 5.87. The lowest BCUT2D eigenvalue weighted by Gasteiger charge is -2.14. The Morgan fingerprint density at radius 3 is 2.67 bits per heavy atom. The highest BCUT2D eigenvalue weighted by molar-refractivity contribution is 7.12. The zero-order valence-corrected chi connectivity index (χ0v) is 12.9. The summed E-state index contributed by atoms with van der Waals surface area (Å²) in [6.45, 7) is 2.12. The Bertz CT molecular complexity index is 794. The molecule has 0 radical (unpaired) electrons. The fraction of sp³-hybridized carbons (Fsp3) is 0.263. The third-order valence-electron chi connectivity index (χ3n) is 4.51. The fourth-order valence-electron chi connectivity index (χ4n) is 3.35. The van der Waals surface area contributed by atoms with E-state index in [0.717, 1.165) is 10.4 Å². The minimum atomic E-state index is -0.508. The van der Waals surface area contributed by atoms with Gasteiger partial charge in [0, 0.05) is 9.75 Å². The van der Waals surface area contributed by atoms with Gasteiger partial charge in [-0.1, -0.05) is 36.4 Å². The van der Waals surface area contributed by atoms with Crippen LogP contribution in [0.3, 0.4) is 0 Å². The number of aliphatic hydroxyl groups is 1. The summed E-state index contributed by atoms with van der Waals surface area (Å²) in [4.78, 5) is 2.56. The highest BCUT2D eigenvalue weighted by Gasteiger charge is 2.21. The SMILES string of the molecule is Cc1ccc(C(O)c2cc3c(s2)CCC3)c2ccccc12. The van der Waals surface area contributed by atoms with Crippen LogP contribution < -0.4 is 0 Å². The molecule has 21 heavy (non-hydrogen) atoms. The molecular formula is C19H18OS. The van der Waals surface area contributed by atoms with Crippen molar-refractivity contribution in [3.63, 3.8) is 0 Å². The van der Waals surface area contributed by atoms with E-state index >= 15 is 0 Å². The van der Waals surface area contributed by atoms with Crippen molar-refractivity contribution in [1.29, 1.82) is 0 Å². The highest BCUT2D eigenvalue weighted by Crippen LogP contribution is 2.38. The molecule has 4 rings (SSSR count). The van der Waals surface area contributed by atoms with Crippen molar-refractivity contribution < 1.29 is 5.11 Å². The lowest BCUT2D eigenvalue weighted by atomic mass is 9.96. The number of benzene rings is 2. The van der Waals surface area contributed by atoms with E-state index in [1.807, 2.05) is 6.07 Å². The zero-order valence-electron chi connectivity index (χ0n) is 12.1. The first-order chi connectivity index (χ1) is 10.2. The minimum absolute atomic E-state index is 0.508. The molecule has 0 saturated heterocycles. The van der Waals surface area contributed by atoms with Crippen molar-refractivity contribution in [2.24, 2.45) is 0 Å². The summed E-state index contributed by atoms with van der Waals surface area (Å²) >= 11 is 1.79. The van der Waals surface area contributed by atoms with Gasteiger partial charge in [-0.05, 0) is 59.7 Å². The average molecular weight is 294 g/mol. The first-order valence-electron chi connectivity index (χ1n) is 7.52. The van der Waals surface area contributed by atoms with Gasteiger partial charge in [-0.2, -0.15) is 0 Å². The van der Waals surface area contributed by atoms with E-state index in [1.165, 1.54) is 46.0 Å². The number of aliphatic hydroxyl groups excluding tert-OH is 1. The van der Waals surface area contributed by atoms with Crippen LogP contribution in [0.5, 0.6) is 0 Å². The normalized spacial score (nSPS) is 15.3. The molecule has 3 aromatic rings. The Hall–Kier alpha value is -1.64. The van der Waals surface area contributed by atoms with Gasteiger partial charge in [0.05, 0.1) is 0 Å². The van der Waals surface area contributed by atoms with Crippen molar-refractivity contribution in [1.82, 2.24) is 0 Å². The standard InChI is InChI=1S/C19H18OS/c1-12-9-10-16(15-7-3-2-6-14(12)15)19(20)18-11-13-5-4-8-17(13)21-18/h2-3,6-7,9-11,19-20H,4-5,8H2,1H3. The maximum absolute atomic E-state index is 10.8. The largest absolute Gasteiger partial charge is 0.383 e. The van der Waals surface area contributed by atoms with E-state index in [1.54, 1.807) is 11.3 Å². The maximum Gasteiger partial charge on any atom is 0.114 e. The van der Waals surface area contributed by atoms with Crippen LogP contribution in [0.1, 0.15) is 39.0 Å². The topological polar surface area (TPSA) is 20.2 Å². The molecule has 0 fully saturated rings. The van der Waals surface area contributed by atoms with Gasteiger partial charge in [0.1, 0.15) is 6.10 Å². The molecule has 1 N–H and O–H groups in total. The predicted octanol–water partition coefficient (Wildman–Crippen LogP) is 4.78. The molecule has 1 aliphatic rings. The lowest BCUT2D eigenvalue weighted by molar-refractivity contribution is 0.225. The van der Waals surface area contributed by atoms with Crippen LogP contribution >= 0.6 is 11.3 Å². The van der Waals surface area contributed by atoms with Crippen molar-refractivity contribution in [3.05, 3.63) is 68.9 Å². The molecule has 106 valence electrons. The average Bonchev–Trinajstić information content (AvgIpc) is 3.08. The van der Waals surface area contributed by atoms with Gasteiger partial charge in [-0.15, -0.1) is 11.3 Å². The van der Waals surface area contributed by atoms with Crippen LogP contribution in [0.15, 0.2) is 42.5 Å². The van der Waals surface area contributed by atoms with Crippen LogP contribution in [-0.4, -0.2) is 5.11 Å². The second-order valence-corrected chi connectivity index (χ2v) is 7.04. The number of rotatable bonds is 2. The van der Waals surface area contributed by atoms with Gasteiger partial charge in [0.25, 0.3) is 0 Å². The predicted molar refractivity (Wildman–Crippen MR) is 89.1 cm³/mol. The van der Waals surface area contributed by atoms with E-state index in [9.17, 15) is 5.11 Å². The zero-order chi connectivity index (χ0) is 14.4. The summed E-state index contributed by atoms with van der Waals surface area (Å²) < 4.78 is 0. The second kappa shape index (κ2) is 4.97. The Kier molecular flexibility index (Phi) is 3.09. The van der Waals surface area contributed by atoms with E-state index < -0.39 is 6.10 Å². The van der Waals surface area contributed by atoms with E-state index in [0.29, 0.717) is 0 Å². The van der Waals surface area contributed by atoms with Crippen LogP contribution in [0.4, 0.5) is 0 Å². The first-order valence-corrected chi connectivity index (χ1v) is 8.33. The van der Waals surface area contributed by atoms with Crippen LogP contribution in [-0.2, 0) is 12.8 Å². The Balaban J connectivity index is 1.83. The quantitative estimate of drug-likeness (QED) is 0.721. The van der Waals surface area contributed by atoms with Crippen molar-refractivity contribution in [3.8, 4) is 0 Å². The van der Waals surface area contributed by atoms with Crippen LogP contribution in [0.25, 0.3) is 10.8 Å². The number of aryl methyl sites for hydroxylation is 3. The number of hydrogen-bond donors (Lipinski definition) is 1. The molecule has 0 saturated carbocycles. The van der Waals surface area contributed by atoms with E-state index in [-0.39, 0.29) is 0 Å². The van der Waals surface area contributed by atoms with E-state index in [4.69, 9.17) is 0 Å². The molecule has 0 aliphatic heterocycles. The number of fused-ring (bicyclic) bond motifs is 2. The summed E-state index contributed by atoms with van der Waals surface area (Å²) in [5, 5.41) is 13.2. The lowest BCUT2D eigenvalue weighted by Crippen LogP contribution is -1.99. The summed E-state index contributed by atoms with van der Waals surface area (Å²) in [7, 11) is 0. The Labute approximate surface area is 128 Å². The Morgan fingerprint density at radius 1 is 1.05 bits per heavy atom. The molecule has 0 spiro atoms. The third-order valence-corrected chi connectivity index (χ3v) is 5.80. The van der Waals surface area contributed by atoms with Gasteiger partial charge in [-0.3, -0.25) is 0 Å². The van der Waals surface area contributed by atoms with Crippen molar-refractivity contribution >= 4 is 22.1 Å². The van der Waals surface area contributed by atoms with Crippen molar-refractivity contribution in [2.75, 3.05) is 0 Å². The van der Waals surface area contributed by atoms with Gasteiger partial charge in [0.2, 0.25) is 0 Å². The number of hydrogen-bond acceptors (Lipinski definition) is 2. The molecular weight excluding hydrogens is 276 g/mol. The third kappa shape index (κ3) is 2.10. The van der Waals surface area contributed by atoms with Crippen LogP contribution in [0, 0.1) is 6.92 Å². The molecule has 1 atom stereocenters. The fourth-order valence-corrected chi connectivity index (χ4v) is 4.61. The van der Waals surface area contributed by atoms with Crippen molar-refractivity contribution in [2.45, 2.75) is 32.3 Å². The summed E-state index contributed by atoms with van der Waals surface area (Å²) in [5.41, 5.74) is 3.73. The van der Waals surface area contributed by atoms with Crippen LogP contribution in [0.2, 0.25) is 0 Å². The molecule has 0 bridgehead atoms. The number of thiophene rings is 1. The highest BCUT2D eigenvalue weighted by atomic mass is 32.1. The summed E-state index contributed by atoms with van der Waals surface area (Å²) in [5.74, 6) is 0. The van der Waals surface area contributed by atoms with Gasteiger partial charge in [-0.25, -0.2) is 0 Å². The smallest absolute Gasteiger partial charge is 0.114 e. The summed E-state index contributed by atoms with van der Waals surface area (Å²) in [6.07, 6.45) is 3.12. The van der Waals surface area contributed by atoms with Gasteiger partial charge >= 0.3 is 0 Å². The summed E-state index contributed by atoms with van der Waals surface area (Å²) in [6, 6.07) is 14.8. The monoisotopic (exact) mass is 294 g/mol. The molecule has 0 amide bonds. The van der Waals surface area contributed by atoms with E-state index in [2.05, 4.69) is 43.3 Å². The molecule has 1 unspecified atom stereocenters. The molecule has 1 nitrogen and oxygen atoms in total. The molecule has 2 heteroatoms.